The predicted octanol–water partition coefficient (Wildman–Crippen LogP) is 2.99. The van der Waals surface area contributed by atoms with Gasteiger partial charge in [0.05, 0.1) is 12.4 Å². The maximum Gasteiger partial charge on any atom is 0.120 e. The molecule has 1 aliphatic heterocycles. The lowest BCUT2D eigenvalue weighted by molar-refractivity contribution is 0.0724. The lowest BCUT2D eigenvalue weighted by Gasteiger charge is -2.21. The summed E-state index contributed by atoms with van der Waals surface area (Å²) in [6, 6.07) is 14.3. The number of hydrogen-bond acceptors (Lipinski definition) is 5. The van der Waals surface area contributed by atoms with Crippen molar-refractivity contribution in [3.63, 3.8) is 0 Å². The molecule has 0 bridgehead atoms. The Labute approximate surface area is 158 Å². The van der Waals surface area contributed by atoms with Gasteiger partial charge in [0.15, 0.2) is 0 Å². The van der Waals surface area contributed by atoms with Crippen molar-refractivity contribution in [1.29, 1.82) is 0 Å². The first-order valence-corrected chi connectivity index (χ1v) is 9.59. The fraction of sp³-hybridized carbons (Fsp3) is 0.364. The van der Waals surface area contributed by atoms with E-state index in [9.17, 15) is 5.11 Å². The van der Waals surface area contributed by atoms with Crippen molar-refractivity contribution in [1.82, 2.24) is 15.1 Å². The number of nitrogens with zero attached hydrogens (tertiary/aromatic N) is 3. The van der Waals surface area contributed by atoms with E-state index in [0.717, 1.165) is 52.6 Å². The quantitative estimate of drug-likeness (QED) is 0.731. The molecule has 1 unspecified atom stereocenters. The molecule has 3 aromatic rings. The van der Waals surface area contributed by atoms with Crippen LogP contribution in [0.25, 0.3) is 21.9 Å². The Morgan fingerprint density at radius 1 is 1.00 bits per heavy atom. The molecule has 1 saturated carbocycles. The van der Waals surface area contributed by atoms with Crippen LogP contribution in [0.1, 0.15) is 6.42 Å². The topological polar surface area (TPSA) is 58.5 Å². The Bertz CT molecular complexity index is 937. The van der Waals surface area contributed by atoms with E-state index in [2.05, 4.69) is 39.4 Å². The number of β-amino-alcohol motifs (C(OH)–C–C–N with tert-alkyl or cyclic N) is 1. The van der Waals surface area contributed by atoms with Crippen LogP contribution >= 0.6 is 0 Å². The number of ether oxygens (including phenoxy) is 1. The second kappa shape index (κ2) is 6.91. The molecule has 27 heavy (non-hydrogen) atoms. The van der Waals surface area contributed by atoms with Gasteiger partial charge in [-0.1, -0.05) is 18.2 Å². The van der Waals surface area contributed by atoms with Crippen molar-refractivity contribution in [2.24, 2.45) is 11.8 Å². The summed E-state index contributed by atoms with van der Waals surface area (Å²) in [5, 5.41) is 20.3. The number of aromatic nitrogens is 2. The number of piperidine rings is 1. The summed E-state index contributed by atoms with van der Waals surface area (Å²) in [7, 11) is 0. The van der Waals surface area contributed by atoms with Crippen LogP contribution in [0.2, 0.25) is 0 Å². The van der Waals surface area contributed by atoms with Crippen LogP contribution in [0.5, 0.6) is 5.75 Å². The van der Waals surface area contributed by atoms with Crippen molar-refractivity contribution in [2.45, 2.75) is 12.5 Å². The highest BCUT2D eigenvalue weighted by Crippen LogP contribution is 2.44. The minimum Gasteiger partial charge on any atom is -0.491 e. The van der Waals surface area contributed by atoms with E-state index >= 15 is 0 Å². The molecule has 0 amide bonds. The van der Waals surface area contributed by atoms with Gasteiger partial charge in [-0.15, -0.1) is 0 Å². The fourth-order valence-corrected chi connectivity index (χ4v) is 4.14. The Morgan fingerprint density at radius 3 is 2.63 bits per heavy atom. The first-order chi connectivity index (χ1) is 13.2. The lowest BCUT2D eigenvalue weighted by atomic mass is 10.0. The summed E-state index contributed by atoms with van der Waals surface area (Å²) in [5.41, 5.74) is 2.17. The van der Waals surface area contributed by atoms with Crippen LogP contribution < -0.4 is 4.74 Å². The zero-order valence-electron chi connectivity index (χ0n) is 15.2. The third kappa shape index (κ3) is 3.66. The highest BCUT2D eigenvalue weighted by molar-refractivity contribution is 5.88. The van der Waals surface area contributed by atoms with Gasteiger partial charge in [-0.2, -0.15) is 10.2 Å². The van der Waals surface area contributed by atoms with Gasteiger partial charge in [0.1, 0.15) is 18.5 Å². The van der Waals surface area contributed by atoms with E-state index < -0.39 is 6.10 Å². The molecule has 1 aromatic heterocycles. The molecule has 2 aliphatic rings. The molecule has 1 saturated heterocycles. The van der Waals surface area contributed by atoms with Gasteiger partial charge < -0.3 is 14.7 Å². The second-order valence-corrected chi connectivity index (χ2v) is 7.79. The Hall–Kier alpha value is -2.50. The van der Waals surface area contributed by atoms with Crippen LogP contribution in [0, 0.1) is 11.8 Å². The average Bonchev–Trinajstić information content (AvgIpc) is 3.32. The predicted molar refractivity (Wildman–Crippen MR) is 105 cm³/mol. The number of hydrogen-bond donors (Lipinski definition) is 1. The number of fused-ring (bicyclic) bond motifs is 2. The summed E-state index contributed by atoms with van der Waals surface area (Å²) in [4.78, 5) is 2.36. The van der Waals surface area contributed by atoms with Crippen molar-refractivity contribution < 1.29 is 9.84 Å². The van der Waals surface area contributed by atoms with E-state index in [1.807, 2.05) is 18.2 Å². The molecule has 2 aromatic carbocycles. The van der Waals surface area contributed by atoms with Crippen LogP contribution in [0.4, 0.5) is 0 Å². The maximum absolute atomic E-state index is 10.3. The van der Waals surface area contributed by atoms with E-state index in [-0.39, 0.29) is 0 Å². The Kier molecular flexibility index (Phi) is 4.26. The molecule has 3 atom stereocenters. The van der Waals surface area contributed by atoms with Crippen LogP contribution in [-0.4, -0.2) is 52.5 Å². The van der Waals surface area contributed by atoms with Crippen LogP contribution in [0.15, 0.2) is 54.9 Å². The van der Waals surface area contributed by atoms with E-state index in [0.29, 0.717) is 13.2 Å². The van der Waals surface area contributed by atoms with Crippen LogP contribution in [0.3, 0.4) is 0 Å². The molecule has 5 rings (SSSR count). The number of likely N-dealkylation sites (tertiary alicyclic amines) is 1. The van der Waals surface area contributed by atoms with E-state index in [1.54, 1.807) is 12.4 Å². The van der Waals surface area contributed by atoms with Gasteiger partial charge in [-0.05, 0) is 58.9 Å². The largest absolute Gasteiger partial charge is 0.491 e. The van der Waals surface area contributed by atoms with Gasteiger partial charge in [-0.3, -0.25) is 0 Å². The van der Waals surface area contributed by atoms with Crippen LogP contribution in [-0.2, 0) is 0 Å². The summed E-state index contributed by atoms with van der Waals surface area (Å²) < 4.78 is 5.84. The van der Waals surface area contributed by atoms with Crippen molar-refractivity contribution >= 4 is 10.8 Å². The van der Waals surface area contributed by atoms with Gasteiger partial charge in [0, 0.05) is 25.2 Å². The second-order valence-electron chi connectivity index (χ2n) is 7.79. The van der Waals surface area contributed by atoms with Gasteiger partial charge in [0.2, 0.25) is 0 Å². The first kappa shape index (κ1) is 16.7. The molecule has 2 fully saturated rings. The minimum absolute atomic E-state index is 0.331. The molecular formula is C22H23N3O2. The molecular weight excluding hydrogens is 338 g/mol. The third-order valence-electron chi connectivity index (χ3n) is 5.70. The number of aliphatic hydroxyl groups is 1. The SMILES string of the molecule is OC(COc1ccc2cc(-c3ccnnc3)ccc2c1)CN1C[C@H]2C[C@H]2C1. The number of rotatable bonds is 6. The molecule has 5 heteroatoms. The molecule has 0 spiro atoms. The summed E-state index contributed by atoms with van der Waals surface area (Å²) in [6.45, 7) is 3.34. The summed E-state index contributed by atoms with van der Waals surface area (Å²) >= 11 is 0. The monoisotopic (exact) mass is 361 g/mol. The first-order valence-electron chi connectivity index (χ1n) is 9.59. The zero-order valence-corrected chi connectivity index (χ0v) is 15.2. The van der Waals surface area contributed by atoms with E-state index in [1.165, 1.54) is 6.42 Å². The van der Waals surface area contributed by atoms with Gasteiger partial charge >= 0.3 is 0 Å². The molecule has 138 valence electrons. The molecule has 5 nitrogen and oxygen atoms in total. The standard InChI is InChI=1S/C22H23N3O2/c26-21(13-25-11-19-8-20(19)12-25)14-27-22-4-3-15-7-16(1-2-17(15)9-22)18-5-6-23-24-10-18/h1-7,9-10,19-21,26H,8,11-14H2/t19-,20+,21?. The summed E-state index contributed by atoms with van der Waals surface area (Å²) in [5.74, 6) is 2.59. The van der Waals surface area contributed by atoms with Gasteiger partial charge in [-0.25, -0.2) is 0 Å². The van der Waals surface area contributed by atoms with Crippen molar-refractivity contribution in [3.05, 3.63) is 54.9 Å². The number of benzene rings is 2. The summed E-state index contributed by atoms with van der Waals surface area (Å²) in [6.07, 6.45) is 4.41. The molecule has 1 N–H and O–H groups in total. The van der Waals surface area contributed by atoms with Crippen molar-refractivity contribution in [3.8, 4) is 16.9 Å². The highest BCUT2D eigenvalue weighted by atomic mass is 16.5. The average molecular weight is 361 g/mol. The zero-order chi connectivity index (χ0) is 18.2. The highest BCUT2D eigenvalue weighted by Gasteiger charge is 2.45. The smallest absolute Gasteiger partial charge is 0.120 e. The minimum atomic E-state index is -0.445. The molecule has 1 aliphatic carbocycles. The Balaban J connectivity index is 1.23. The van der Waals surface area contributed by atoms with Crippen molar-refractivity contribution in [2.75, 3.05) is 26.2 Å². The normalized spacial score (nSPS) is 22.6. The van der Waals surface area contributed by atoms with Gasteiger partial charge in [0.25, 0.3) is 0 Å². The fourth-order valence-electron chi connectivity index (χ4n) is 4.14. The van der Waals surface area contributed by atoms with E-state index in [4.69, 9.17) is 4.74 Å². The third-order valence-corrected chi connectivity index (χ3v) is 5.70. The number of aliphatic hydroxyl groups excluding tert-OH is 1. The molecule has 2 heterocycles. The Morgan fingerprint density at radius 2 is 1.81 bits per heavy atom. The lowest BCUT2D eigenvalue weighted by Crippen LogP contribution is -2.35. The molecule has 0 radical (unpaired) electrons. The maximum atomic E-state index is 10.3.